The van der Waals surface area contributed by atoms with E-state index in [9.17, 15) is 9.90 Å². The smallest absolute Gasteiger partial charge is 0.407 e. The summed E-state index contributed by atoms with van der Waals surface area (Å²) in [6.45, 7) is 0.424. The van der Waals surface area contributed by atoms with Crippen LogP contribution in [-0.2, 0) is 16.0 Å². The Morgan fingerprint density at radius 2 is 1.81 bits per heavy atom. The van der Waals surface area contributed by atoms with Crippen LogP contribution in [0.2, 0.25) is 0 Å². The van der Waals surface area contributed by atoms with Crippen molar-refractivity contribution >= 4 is 6.09 Å². The number of nitrogens with zero attached hydrogens (tertiary/aromatic N) is 1. The van der Waals surface area contributed by atoms with Crippen LogP contribution in [0.15, 0.2) is 30.3 Å². The fourth-order valence-electron chi connectivity index (χ4n) is 2.98. The summed E-state index contributed by atoms with van der Waals surface area (Å²) in [5, 5.41) is 9.49. The highest BCUT2D eigenvalue weighted by atomic mass is 16.7. The average Bonchev–Trinajstić information content (AvgIpc) is 2.53. The third-order valence-electron chi connectivity index (χ3n) is 4.34. The van der Waals surface area contributed by atoms with Crippen LogP contribution in [0.4, 0.5) is 4.79 Å². The number of hydrogen-bond donors (Lipinski definition) is 1. The van der Waals surface area contributed by atoms with Crippen LogP contribution in [0, 0.1) is 0 Å². The topological polar surface area (TPSA) is 59.0 Å². The van der Waals surface area contributed by atoms with Gasteiger partial charge in [0.2, 0.25) is 0 Å². The number of carboxylic acid groups (broad SMARTS) is 1. The third-order valence-corrected chi connectivity index (χ3v) is 4.34. The molecule has 0 aromatic heterocycles. The molecule has 0 atom stereocenters. The van der Waals surface area contributed by atoms with Crippen LogP contribution in [-0.4, -0.2) is 42.1 Å². The van der Waals surface area contributed by atoms with Gasteiger partial charge in [-0.3, -0.25) is 0 Å². The lowest BCUT2D eigenvalue weighted by Crippen LogP contribution is -2.46. The second-order valence-electron chi connectivity index (χ2n) is 5.45. The molecule has 1 amide bonds. The Hall–Kier alpha value is -1.59. The van der Waals surface area contributed by atoms with E-state index in [-0.39, 0.29) is 6.04 Å². The molecule has 0 unspecified atom stereocenters. The lowest BCUT2D eigenvalue weighted by Gasteiger charge is -2.41. The zero-order chi connectivity index (χ0) is 15.3. The van der Waals surface area contributed by atoms with E-state index in [1.165, 1.54) is 4.90 Å². The van der Waals surface area contributed by atoms with E-state index in [0.717, 1.165) is 18.4 Å². The van der Waals surface area contributed by atoms with Gasteiger partial charge in [0.05, 0.1) is 0 Å². The number of ether oxygens (including phenoxy) is 2. The van der Waals surface area contributed by atoms with Crippen LogP contribution in [0.5, 0.6) is 0 Å². The maximum Gasteiger partial charge on any atom is 0.407 e. The van der Waals surface area contributed by atoms with E-state index < -0.39 is 11.9 Å². The Balaban J connectivity index is 2.02. The van der Waals surface area contributed by atoms with Gasteiger partial charge < -0.3 is 19.5 Å². The minimum atomic E-state index is -0.869. The highest BCUT2D eigenvalue weighted by Crippen LogP contribution is 2.34. The maximum absolute atomic E-state index is 11.6. The fraction of sp³-hybridized carbons (Fsp3) is 0.562. The molecular weight excluding hydrogens is 270 g/mol. The summed E-state index contributed by atoms with van der Waals surface area (Å²) >= 11 is 0. The van der Waals surface area contributed by atoms with Crippen molar-refractivity contribution in [3.63, 3.8) is 0 Å². The van der Waals surface area contributed by atoms with Crippen LogP contribution in [0.25, 0.3) is 0 Å². The quantitative estimate of drug-likeness (QED) is 0.847. The standard InChI is InChI=1S/C16H23NO4/c1-20-16(21-2)10-8-14(9-11-16)17(15(18)19)12-13-6-4-3-5-7-13/h3-7,14H,8-12H2,1-2H3,(H,18,19). The van der Waals surface area contributed by atoms with Crippen molar-refractivity contribution in [1.82, 2.24) is 4.90 Å². The minimum Gasteiger partial charge on any atom is -0.465 e. The predicted octanol–water partition coefficient (Wildman–Crippen LogP) is 3.10. The van der Waals surface area contributed by atoms with Gasteiger partial charge in [-0.2, -0.15) is 0 Å². The van der Waals surface area contributed by atoms with Crippen LogP contribution >= 0.6 is 0 Å². The number of rotatable bonds is 5. The molecule has 1 aromatic carbocycles. The molecule has 1 N–H and O–H groups in total. The second-order valence-corrected chi connectivity index (χ2v) is 5.45. The molecule has 1 fully saturated rings. The Kier molecular flexibility index (Phi) is 5.20. The van der Waals surface area contributed by atoms with Gasteiger partial charge in [-0.15, -0.1) is 0 Å². The van der Waals surface area contributed by atoms with Gasteiger partial charge in [0, 0.05) is 39.6 Å². The zero-order valence-corrected chi connectivity index (χ0v) is 12.6. The summed E-state index contributed by atoms with van der Waals surface area (Å²) in [5.41, 5.74) is 1.01. The molecule has 1 aromatic rings. The zero-order valence-electron chi connectivity index (χ0n) is 12.6. The van der Waals surface area contributed by atoms with Crippen LogP contribution in [0.3, 0.4) is 0 Å². The van der Waals surface area contributed by atoms with E-state index in [1.54, 1.807) is 14.2 Å². The molecular formula is C16H23NO4. The van der Waals surface area contributed by atoms with E-state index in [1.807, 2.05) is 30.3 Å². The summed E-state index contributed by atoms with van der Waals surface area (Å²) in [7, 11) is 3.28. The van der Waals surface area contributed by atoms with Crippen molar-refractivity contribution in [2.45, 2.75) is 44.1 Å². The van der Waals surface area contributed by atoms with Crippen molar-refractivity contribution in [3.05, 3.63) is 35.9 Å². The summed E-state index contributed by atoms with van der Waals surface area (Å²) in [6, 6.07) is 9.71. The Morgan fingerprint density at radius 3 is 2.29 bits per heavy atom. The van der Waals surface area contributed by atoms with Gasteiger partial charge >= 0.3 is 6.09 Å². The third kappa shape index (κ3) is 3.74. The highest BCUT2D eigenvalue weighted by Gasteiger charge is 2.38. The molecule has 0 saturated heterocycles. The molecule has 0 radical (unpaired) electrons. The predicted molar refractivity (Wildman–Crippen MR) is 79.0 cm³/mol. The van der Waals surface area contributed by atoms with Gasteiger partial charge in [0.25, 0.3) is 0 Å². The van der Waals surface area contributed by atoms with Gasteiger partial charge in [-0.05, 0) is 18.4 Å². The molecule has 5 nitrogen and oxygen atoms in total. The molecule has 21 heavy (non-hydrogen) atoms. The average molecular weight is 293 g/mol. The largest absolute Gasteiger partial charge is 0.465 e. The SMILES string of the molecule is COC1(OC)CCC(N(Cc2ccccc2)C(=O)O)CC1. The van der Waals surface area contributed by atoms with E-state index in [4.69, 9.17) is 9.47 Å². The van der Waals surface area contributed by atoms with Gasteiger partial charge in [0.15, 0.2) is 5.79 Å². The summed E-state index contributed by atoms with van der Waals surface area (Å²) in [4.78, 5) is 13.1. The molecule has 0 spiro atoms. The first-order valence-corrected chi connectivity index (χ1v) is 7.24. The Bertz CT molecular complexity index is 449. The Labute approximate surface area is 125 Å². The number of hydrogen-bond acceptors (Lipinski definition) is 3. The maximum atomic E-state index is 11.6. The molecule has 1 aliphatic rings. The molecule has 1 saturated carbocycles. The van der Waals surface area contributed by atoms with E-state index in [0.29, 0.717) is 19.4 Å². The molecule has 0 aliphatic heterocycles. The number of benzene rings is 1. The monoisotopic (exact) mass is 293 g/mol. The lowest BCUT2D eigenvalue weighted by atomic mass is 9.89. The van der Waals surface area contributed by atoms with Gasteiger partial charge in [-0.1, -0.05) is 30.3 Å². The van der Waals surface area contributed by atoms with Crippen molar-refractivity contribution in [1.29, 1.82) is 0 Å². The Morgan fingerprint density at radius 1 is 1.24 bits per heavy atom. The van der Waals surface area contributed by atoms with Crippen molar-refractivity contribution in [3.8, 4) is 0 Å². The summed E-state index contributed by atoms with van der Waals surface area (Å²) in [5.74, 6) is -0.548. The number of carbonyl (C=O) groups is 1. The van der Waals surface area contributed by atoms with Gasteiger partial charge in [0.1, 0.15) is 0 Å². The van der Waals surface area contributed by atoms with Crippen molar-refractivity contribution in [2.75, 3.05) is 14.2 Å². The molecule has 0 bridgehead atoms. The van der Waals surface area contributed by atoms with Crippen LogP contribution < -0.4 is 0 Å². The van der Waals surface area contributed by atoms with Crippen LogP contribution in [0.1, 0.15) is 31.2 Å². The summed E-state index contributed by atoms with van der Waals surface area (Å²) in [6.07, 6.45) is 2.06. The second kappa shape index (κ2) is 6.91. The summed E-state index contributed by atoms with van der Waals surface area (Å²) < 4.78 is 10.9. The van der Waals surface area contributed by atoms with Crippen molar-refractivity contribution in [2.24, 2.45) is 0 Å². The normalized spacial score (nSPS) is 18.4. The van der Waals surface area contributed by atoms with E-state index >= 15 is 0 Å². The first-order chi connectivity index (χ1) is 10.1. The molecule has 0 heterocycles. The molecule has 5 heteroatoms. The lowest BCUT2D eigenvalue weighted by molar-refractivity contribution is -0.227. The molecule has 116 valence electrons. The first kappa shape index (κ1) is 15.8. The van der Waals surface area contributed by atoms with E-state index in [2.05, 4.69) is 0 Å². The minimum absolute atomic E-state index is 0.0149. The fourth-order valence-corrected chi connectivity index (χ4v) is 2.98. The highest BCUT2D eigenvalue weighted by molar-refractivity contribution is 5.65. The van der Waals surface area contributed by atoms with Gasteiger partial charge in [-0.25, -0.2) is 4.79 Å². The first-order valence-electron chi connectivity index (χ1n) is 7.24. The molecule has 1 aliphatic carbocycles. The number of amides is 1. The van der Waals surface area contributed by atoms with Crippen molar-refractivity contribution < 1.29 is 19.4 Å². The molecule has 2 rings (SSSR count). The number of methoxy groups -OCH3 is 2.